The summed E-state index contributed by atoms with van der Waals surface area (Å²) >= 11 is 0. The molecule has 0 spiro atoms. The molecule has 5 heteroatoms. The molecule has 0 aliphatic carbocycles. The zero-order valence-electron chi connectivity index (χ0n) is 13.7. The zero-order chi connectivity index (χ0) is 16.3. The lowest BCUT2D eigenvalue weighted by atomic mass is 9.93. The first kappa shape index (κ1) is 16.2. The van der Waals surface area contributed by atoms with E-state index in [0.717, 1.165) is 11.4 Å². The normalized spacial score (nSPS) is 11.5. The molecule has 0 unspecified atom stereocenters. The third-order valence-electron chi connectivity index (χ3n) is 3.67. The predicted molar refractivity (Wildman–Crippen MR) is 88.1 cm³/mol. The van der Waals surface area contributed by atoms with Crippen molar-refractivity contribution < 1.29 is 4.79 Å². The Labute approximate surface area is 131 Å². The lowest BCUT2D eigenvalue weighted by Crippen LogP contribution is -2.39. The van der Waals surface area contributed by atoms with E-state index in [0.29, 0.717) is 18.8 Å². The van der Waals surface area contributed by atoms with Gasteiger partial charge in [0.15, 0.2) is 5.69 Å². The number of hydrogen-bond donors (Lipinski definition) is 1. The highest BCUT2D eigenvalue weighted by atomic mass is 16.2. The first-order chi connectivity index (χ1) is 10.3. The molecule has 1 aromatic heterocycles. The summed E-state index contributed by atoms with van der Waals surface area (Å²) < 4.78 is 1.79. The molecule has 118 valence electrons. The summed E-state index contributed by atoms with van der Waals surface area (Å²) in [6.45, 7) is 7.16. The second-order valence-electron chi connectivity index (χ2n) is 6.45. The van der Waals surface area contributed by atoms with E-state index in [-0.39, 0.29) is 11.3 Å². The van der Waals surface area contributed by atoms with E-state index in [1.165, 1.54) is 0 Å². The summed E-state index contributed by atoms with van der Waals surface area (Å²) in [5, 5.41) is 4.45. The molecule has 5 nitrogen and oxygen atoms in total. The van der Waals surface area contributed by atoms with E-state index in [1.54, 1.807) is 16.6 Å². The molecular formula is C17H24N4O. The third-order valence-corrected chi connectivity index (χ3v) is 3.67. The smallest absolute Gasteiger partial charge is 0.274 e. The fourth-order valence-electron chi connectivity index (χ4n) is 2.38. The number of amides is 1. The highest BCUT2D eigenvalue weighted by Crippen LogP contribution is 2.17. The van der Waals surface area contributed by atoms with Gasteiger partial charge >= 0.3 is 0 Å². The molecular weight excluding hydrogens is 276 g/mol. The van der Waals surface area contributed by atoms with Crippen LogP contribution in [0.2, 0.25) is 0 Å². The molecule has 0 aliphatic heterocycles. The van der Waals surface area contributed by atoms with Gasteiger partial charge in [0, 0.05) is 19.3 Å². The van der Waals surface area contributed by atoms with Crippen LogP contribution in [-0.2, 0) is 0 Å². The van der Waals surface area contributed by atoms with Crippen LogP contribution in [-0.4, -0.2) is 40.7 Å². The van der Waals surface area contributed by atoms with Gasteiger partial charge in [0.05, 0.1) is 5.69 Å². The van der Waals surface area contributed by atoms with Crippen molar-refractivity contribution in [1.82, 2.24) is 14.7 Å². The molecule has 0 atom stereocenters. The first-order valence-corrected chi connectivity index (χ1v) is 7.42. The number of hydrogen-bond acceptors (Lipinski definition) is 3. The second-order valence-corrected chi connectivity index (χ2v) is 6.45. The number of carbonyl (C=O) groups excluding carboxylic acids is 1. The minimum absolute atomic E-state index is 0.0840. The van der Waals surface area contributed by atoms with E-state index in [1.807, 2.05) is 57.2 Å². The Bertz CT molecular complexity index is 646. The van der Waals surface area contributed by atoms with Crippen LogP contribution in [0.5, 0.6) is 0 Å². The van der Waals surface area contributed by atoms with Crippen LogP contribution in [0.25, 0.3) is 5.69 Å². The lowest BCUT2D eigenvalue weighted by Gasteiger charge is -2.28. The number of para-hydroxylation sites is 1. The summed E-state index contributed by atoms with van der Waals surface area (Å²) in [5.74, 6) is -0.0840. The lowest BCUT2D eigenvalue weighted by molar-refractivity contribution is 0.0734. The predicted octanol–water partition coefficient (Wildman–Crippen LogP) is 2.24. The fourth-order valence-corrected chi connectivity index (χ4v) is 2.38. The molecule has 1 aromatic carbocycles. The van der Waals surface area contributed by atoms with Crippen LogP contribution in [0.3, 0.4) is 0 Å². The van der Waals surface area contributed by atoms with Crippen molar-refractivity contribution in [3.05, 3.63) is 47.8 Å². The Morgan fingerprint density at radius 1 is 1.32 bits per heavy atom. The largest absolute Gasteiger partial charge is 0.340 e. The van der Waals surface area contributed by atoms with Crippen molar-refractivity contribution in [3.8, 4) is 5.69 Å². The molecule has 0 fully saturated rings. The van der Waals surface area contributed by atoms with E-state index in [9.17, 15) is 4.79 Å². The van der Waals surface area contributed by atoms with Gasteiger partial charge < -0.3 is 10.6 Å². The van der Waals surface area contributed by atoms with Gasteiger partial charge in [-0.1, -0.05) is 32.0 Å². The zero-order valence-corrected chi connectivity index (χ0v) is 13.7. The SMILES string of the molecule is Cc1cc(C(=O)N(C)CC(C)(C)CN)nn1-c1ccccc1. The Hall–Kier alpha value is -2.14. The van der Waals surface area contributed by atoms with Gasteiger partial charge in [-0.15, -0.1) is 0 Å². The van der Waals surface area contributed by atoms with Crippen LogP contribution in [0.15, 0.2) is 36.4 Å². The molecule has 0 saturated carbocycles. The molecule has 2 N–H and O–H groups in total. The van der Waals surface area contributed by atoms with Crippen molar-refractivity contribution >= 4 is 5.91 Å². The number of benzene rings is 1. The Balaban J connectivity index is 2.22. The molecule has 22 heavy (non-hydrogen) atoms. The Morgan fingerprint density at radius 2 is 1.95 bits per heavy atom. The molecule has 1 amide bonds. The summed E-state index contributed by atoms with van der Waals surface area (Å²) in [5.41, 5.74) is 7.97. The van der Waals surface area contributed by atoms with Crippen LogP contribution in [0.4, 0.5) is 0 Å². The number of aryl methyl sites for hydroxylation is 1. The van der Waals surface area contributed by atoms with Gasteiger partial charge in [-0.05, 0) is 37.1 Å². The van der Waals surface area contributed by atoms with Crippen molar-refractivity contribution in [2.75, 3.05) is 20.1 Å². The van der Waals surface area contributed by atoms with Crippen molar-refractivity contribution in [2.24, 2.45) is 11.1 Å². The highest BCUT2D eigenvalue weighted by molar-refractivity contribution is 5.92. The van der Waals surface area contributed by atoms with Crippen molar-refractivity contribution in [3.63, 3.8) is 0 Å². The summed E-state index contributed by atoms with van der Waals surface area (Å²) in [4.78, 5) is 14.2. The molecule has 2 aromatic rings. The summed E-state index contributed by atoms with van der Waals surface area (Å²) in [6.07, 6.45) is 0. The standard InChI is InChI=1S/C17H24N4O/c1-13-10-15(16(22)20(4)12-17(2,3)11-18)19-21(13)14-8-6-5-7-9-14/h5-10H,11-12,18H2,1-4H3. The maximum absolute atomic E-state index is 12.5. The van der Waals surface area contributed by atoms with Crippen LogP contribution >= 0.6 is 0 Å². The van der Waals surface area contributed by atoms with Gasteiger partial charge in [-0.2, -0.15) is 5.10 Å². The van der Waals surface area contributed by atoms with Crippen molar-refractivity contribution in [1.29, 1.82) is 0 Å². The minimum atomic E-state index is -0.110. The van der Waals surface area contributed by atoms with Gasteiger partial charge in [-0.25, -0.2) is 4.68 Å². The average molecular weight is 300 g/mol. The molecule has 0 saturated heterocycles. The van der Waals surface area contributed by atoms with Crippen LogP contribution in [0, 0.1) is 12.3 Å². The van der Waals surface area contributed by atoms with E-state index < -0.39 is 0 Å². The van der Waals surface area contributed by atoms with Gasteiger partial charge in [0.1, 0.15) is 0 Å². The van der Waals surface area contributed by atoms with Crippen LogP contribution in [0.1, 0.15) is 30.0 Å². The first-order valence-electron chi connectivity index (χ1n) is 7.42. The summed E-state index contributed by atoms with van der Waals surface area (Å²) in [7, 11) is 1.79. The average Bonchev–Trinajstić information content (AvgIpc) is 2.89. The molecule has 0 bridgehead atoms. The molecule has 0 aliphatic rings. The van der Waals surface area contributed by atoms with Gasteiger partial charge in [0.25, 0.3) is 5.91 Å². The second kappa shape index (κ2) is 6.32. The number of aromatic nitrogens is 2. The number of nitrogens with zero attached hydrogens (tertiary/aromatic N) is 3. The van der Waals surface area contributed by atoms with Crippen molar-refractivity contribution in [2.45, 2.75) is 20.8 Å². The van der Waals surface area contributed by atoms with E-state index >= 15 is 0 Å². The fraction of sp³-hybridized carbons (Fsp3) is 0.412. The molecule has 2 rings (SSSR count). The highest BCUT2D eigenvalue weighted by Gasteiger charge is 2.23. The maximum atomic E-state index is 12.5. The quantitative estimate of drug-likeness (QED) is 0.921. The van der Waals surface area contributed by atoms with Gasteiger partial charge in [0.2, 0.25) is 0 Å². The maximum Gasteiger partial charge on any atom is 0.274 e. The third kappa shape index (κ3) is 3.54. The van der Waals surface area contributed by atoms with E-state index in [2.05, 4.69) is 5.10 Å². The Kier molecular flexibility index (Phi) is 4.66. The van der Waals surface area contributed by atoms with Crippen LogP contribution < -0.4 is 5.73 Å². The monoisotopic (exact) mass is 300 g/mol. The number of carbonyl (C=O) groups is 1. The molecule has 1 heterocycles. The molecule has 0 radical (unpaired) electrons. The number of rotatable bonds is 5. The van der Waals surface area contributed by atoms with E-state index in [4.69, 9.17) is 5.73 Å². The Morgan fingerprint density at radius 3 is 2.55 bits per heavy atom. The van der Waals surface area contributed by atoms with Gasteiger partial charge in [-0.3, -0.25) is 4.79 Å². The number of nitrogens with two attached hydrogens (primary N) is 1. The topological polar surface area (TPSA) is 64.2 Å². The summed E-state index contributed by atoms with van der Waals surface area (Å²) in [6, 6.07) is 11.6. The minimum Gasteiger partial charge on any atom is -0.340 e.